The summed E-state index contributed by atoms with van der Waals surface area (Å²) in [5.41, 5.74) is 2.50. The van der Waals surface area contributed by atoms with Gasteiger partial charge in [-0.1, -0.05) is 49.1 Å². The second-order valence-corrected chi connectivity index (χ2v) is 5.00. The molecule has 0 unspecified atom stereocenters. The number of allylic oxidation sites excluding steroid dienone is 6. The molecule has 104 valence electrons. The minimum absolute atomic E-state index is 0.231. The van der Waals surface area contributed by atoms with Crippen LogP contribution >= 0.6 is 0 Å². The number of aryl methyl sites for hydroxylation is 1. The van der Waals surface area contributed by atoms with Crippen LogP contribution in [0.1, 0.15) is 18.5 Å². The Kier molecular flexibility index (Phi) is 4.46. The molecule has 2 heteroatoms. The molecule has 2 rings (SSSR count). The number of hydrogen-bond donors (Lipinski definition) is 1. The zero-order valence-electron chi connectivity index (χ0n) is 12.0. The molecule has 1 N–H and O–H groups in total. The molecule has 0 bridgehead atoms. The van der Waals surface area contributed by atoms with Crippen molar-refractivity contribution in [1.82, 2.24) is 4.57 Å². The third-order valence-corrected chi connectivity index (χ3v) is 3.54. The Hall–Kier alpha value is -2.22. The summed E-state index contributed by atoms with van der Waals surface area (Å²) in [5, 5.41) is 11.7. The highest BCUT2D eigenvalue weighted by atomic mass is 16.3. The van der Waals surface area contributed by atoms with Crippen LogP contribution in [0.4, 0.5) is 0 Å². The fourth-order valence-corrected chi connectivity index (χ4v) is 2.41. The number of aliphatic hydroxyl groups is 1. The fraction of sp³-hybridized carbons (Fsp3) is 0.222. The molecule has 0 aromatic carbocycles. The number of nitrogens with zero attached hydrogens (tertiary/aromatic N) is 1. The summed E-state index contributed by atoms with van der Waals surface area (Å²) in [4.78, 5) is 0. The van der Waals surface area contributed by atoms with Crippen molar-refractivity contribution in [3.05, 3.63) is 70.9 Å². The predicted octanol–water partition coefficient (Wildman–Crippen LogP) is 2.89. The summed E-state index contributed by atoms with van der Waals surface area (Å²) >= 11 is 0. The van der Waals surface area contributed by atoms with Crippen molar-refractivity contribution in [1.29, 1.82) is 0 Å². The van der Waals surface area contributed by atoms with Gasteiger partial charge in [0.05, 0.1) is 0 Å². The summed E-state index contributed by atoms with van der Waals surface area (Å²) in [6.07, 6.45) is 13.7. The lowest BCUT2D eigenvalue weighted by Crippen LogP contribution is -2.30. The third-order valence-electron chi connectivity index (χ3n) is 3.54. The van der Waals surface area contributed by atoms with Crippen LogP contribution in [0.3, 0.4) is 0 Å². The number of hydrogen-bond acceptors (Lipinski definition) is 1. The van der Waals surface area contributed by atoms with Crippen molar-refractivity contribution in [3.8, 4) is 0 Å². The highest BCUT2D eigenvalue weighted by Crippen LogP contribution is 2.13. The van der Waals surface area contributed by atoms with Crippen molar-refractivity contribution >= 4 is 12.3 Å². The highest BCUT2D eigenvalue weighted by Gasteiger charge is 2.06. The lowest BCUT2D eigenvalue weighted by atomic mass is 10.1. The maximum absolute atomic E-state index is 10.1. The second-order valence-electron chi connectivity index (χ2n) is 5.00. The molecule has 0 spiro atoms. The average molecular weight is 267 g/mol. The first-order chi connectivity index (χ1) is 9.63. The van der Waals surface area contributed by atoms with E-state index in [2.05, 4.69) is 36.0 Å². The summed E-state index contributed by atoms with van der Waals surface area (Å²) < 4.78 is 2.15. The van der Waals surface area contributed by atoms with E-state index in [1.165, 1.54) is 5.57 Å². The standard InChI is InChI=1S/C18H21NO/c1-4-5-11-18(20)17-12-14(2)19(15(17)3)13-16-9-7-6-8-10-16/h4-7,9,11-12,20H,1,3,8,10,13H2,2H3/b11-5-,18-17+. The Morgan fingerprint density at radius 3 is 2.95 bits per heavy atom. The van der Waals surface area contributed by atoms with Gasteiger partial charge in [-0.05, 0) is 31.9 Å². The number of aliphatic hydroxyl groups excluding tert-OH is 1. The zero-order valence-corrected chi connectivity index (χ0v) is 12.0. The van der Waals surface area contributed by atoms with E-state index in [0.717, 1.165) is 35.6 Å². The lowest BCUT2D eigenvalue weighted by Gasteiger charge is -2.12. The van der Waals surface area contributed by atoms with E-state index in [1.807, 2.05) is 13.0 Å². The van der Waals surface area contributed by atoms with E-state index in [-0.39, 0.29) is 5.76 Å². The summed E-state index contributed by atoms with van der Waals surface area (Å²) in [6, 6.07) is 1.98. The molecular weight excluding hydrogens is 246 g/mol. The number of aromatic nitrogens is 1. The van der Waals surface area contributed by atoms with Gasteiger partial charge in [-0.25, -0.2) is 0 Å². The first-order valence-corrected chi connectivity index (χ1v) is 6.85. The van der Waals surface area contributed by atoms with Gasteiger partial charge in [0.2, 0.25) is 0 Å². The van der Waals surface area contributed by atoms with Crippen LogP contribution in [-0.4, -0.2) is 9.67 Å². The molecule has 1 aliphatic carbocycles. The van der Waals surface area contributed by atoms with Crippen molar-refractivity contribution in [2.75, 3.05) is 0 Å². The maximum atomic E-state index is 10.1. The Balaban J connectivity index is 2.41. The summed E-state index contributed by atoms with van der Waals surface area (Å²) in [6.45, 7) is 10.6. The molecule has 20 heavy (non-hydrogen) atoms. The minimum atomic E-state index is 0.231. The van der Waals surface area contributed by atoms with E-state index < -0.39 is 0 Å². The predicted molar refractivity (Wildman–Crippen MR) is 85.8 cm³/mol. The van der Waals surface area contributed by atoms with E-state index in [0.29, 0.717) is 0 Å². The monoisotopic (exact) mass is 267 g/mol. The van der Waals surface area contributed by atoms with Crippen LogP contribution in [0, 0.1) is 6.92 Å². The minimum Gasteiger partial charge on any atom is -0.507 e. The molecule has 0 radical (unpaired) electrons. The van der Waals surface area contributed by atoms with Gasteiger partial charge in [0, 0.05) is 22.8 Å². The van der Waals surface area contributed by atoms with Crippen molar-refractivity contribution in [2.45, 2.75) is 26.3 Å². The van der Waals surface area contributed by atoms with Gasteiger partial charge in [0.25, 0.3) is 0 Å². The maximum Gasteiger partial charge on any atom is 0.124 e. The molecule has 1 heterocycles. The normalized spacial score (nSPS) is 16.4. The topological polar surface area (TPSA) is 25.2 Å². The van der Waals surface area contributed by atoms with E-state index >= 15 is 0 Å². The molecule has 0 atom stereocenters. The van der Waals surface area contributed by atoms with Crippen molar-refractivity contribution in [3.63, 3.8) is 0 Å². The van der Waals surface area contributed by atoms with Crippen LogP contribution in [-0.2, 0) is 6.54 Å². The molecule has 2 nitrogen and oxygen atoms in total. The Morgan fingerprint density at radius 1 is 1.50 bits per heavy atom. The van der Waals surface area contributed by atoms with Gasteiger partial charge in [0.1, 0.15) is 5.76 Å². The third kappa shape index (κ3) is 3.02. The first-order valence-electron chi connectivity index (χ1n) is 6.85. The molecule has 1 aromatic heterocycles. The lowest BCUT2D eigenvalue weighted by molar-refractivity contribution is 0.511. The smallest absolute Gasteiger partial charge is 0.124 e. The first kappa shape index (κ1) is 14.2. The summed E-state index contributed by atoms with van der Waals surface area (Å²) in [5.74, 6) is 0.231. The molecule has 0 fully saturated rings. The fourth-order valence-electron chi connectivity index (χ4n) is 2.41. The summed E-state index contributed by atoms with van der Waals surface area (Å²) in [7, 11) is 0. The molecular formula is C18H21NO. The van der Waals surface area contributed by atoms with Crippen LogP contribution in [0.5, 0.6) is 0 Å². The second kappa shape index (κ2) is 6.29. The Morgan fingerprint density at radius 2 is 2.30 bits per heavy atom. The van der Waals surface area contributed by atoms with E-state index in [9.17, 15) is 5.11 Å². The van der Waals surface area contributed by atoms with Crippen LogP contribution < -0.4 is 10.6 Å². The van der Waals surface area contributed by atoms with E-state index in [1.54, 1.807) is 18.2 Å². The van der Waals surface area contributed by atoms with E-state index in [4.69, 9.17) is 0 Å². The Labute approximate surface area is 120 Å². The molecule has 0 amide bonds. The average Bonchev–Trinajstić information content (AvgIpc) is 2.74. The molecule has 0 saturated heterocycles. The highest BCUT2D eigenvalue weighted by molar-refractivity contribution is 5.49. The van der Waals surface area contributed by atoms with Gasteiger partial charge in [-0.2, -0.15) is 0 Å². The Bertz CT molecular complexity index is 699. The van der Waals surface area contributed by atoms with Gasteiger partial charge >= 0.3 is 0 Å². The van der Waals surface area contributed by atoms with Gasteiger partial charge in [-0.15, -0.1) is 0 Å². The van der Waals surface area contributed by atoms with Gasteiger partial charge in [0.15, 0.2) is 0 Å². The van der Waals surface area contributed by atoms with Crippen LogP contribution in [0.25, 0.3) is 12.3 Å². The number of rotatable bonds is 4. The van der Waals surface area contributed by atoms with Gasteiger partial charge < -0.3 is 9.67 Å². The molecule has 0 saturated carbocycles. The largest absolute Gasteiger partial charge is 0.507 e. The van der Waals surface area contributed by atoms with Crippen LogP contribution in [0.15, 0.2) is 54.7 Å². The molecule has 1 aliphatic rings. The molecule has 0 aliphatic heterocycles. The van der Waals surface area contributed by atoms with Crippen LogP contribution in [0.2, 0.25) is 0 Å². The quantitative estimate of drug-likeness (QED) is 0.834. The SMILES string of the molecule is C=C/C=C\C(O)=c1\cc(C)n(CC2=CC=CCC2)c1=C. The molecule has 1 aromatic rings. The van der Waals surface area contributed by atoms with Crippen molar-refractivity contribution < 1.29 is 5.11 Å². The van der Waals surface area contributed by atoms with Crippen molar-refractivity contribution in [2.24, 2.45) is 0 Å². The zero-order chi connectivity index (χ0) is 14.5. The van der Waals surface area contributed by atoms with Gasteiger partial charge in [-0.3, -0.25) is 0 Å².